The van der Waals surface area contributed by atoms with E-state index in [2.05, 4.69) is 18.5 Å². The van der Waals surface area contributed by atoms with Gasteiger partial charge in [0, 0.05) is 12.5 Å². The molecule has 4 heteroatoms. The van der Waals surface area contributed by atoms with Crippen LogP contribution in [0.2, 0.25) is 0 Å². The van der Waals surface area contributed by atoms with Crippen molar-refractivity contribution < 1.29 is 0 Å². The summed E-state index contributed by atoms with van der Waals surface area (Å²) < 4.78 is 4.05. The van der Waals surface area contributed by atoms with E-state index in [4.69, 9.17) is 5.73 Å². The molecule has 1 atom stereocenters. The fraction of sp³-hybridized carbons (Fsp3) is 0.769. The highest BCUT2D eigenvalue weighted by atomic mass is 16.1. The fourth-order valence-corrected chi connectivity index (χ4v) is 2.89. The zero-order valence-electron chi connectivity index (χ0n) is 10.6. The van der Waals surface area contributed by atoms with Crippen LogP contribution >= 0.6 is 0 Å². The van der Waals surface area contributed by atoms with Crippen LogP contribution in [0, 0.1) is 5.92 Å². The number of hydrogen-bond acceptors (Lipinski definition) is 2. The van der Waals surface area contributed by atoms with Crippen LogP contribution in [0.15, 0.2) is 4.79 Å². The first-order chi connectivity index (χ1) is 8.15. The van der Waals surface area contributed by atoms with Crippen LogP contribution in [-0.2, 0) is 6.54 Å². The summed E-state index contributed by atoms with van der Waals surface area (Å²) in [6.07, 6.45) is 4.87. The van der Waals surface area contributed by atoms with Gasteiger partial charge in [0.1, 0.15) is 5.69 Å². The standard InChI is InChI=1S/C13H21N3O/c1-3-15-12(10-6-7-10)11(14)13(17)16(15)8(2)9-4-5-9/h8-10H,3-7,14H2,1-2H3. The minimum absolute atomic E-state index is 0.0353. The van der Waals surface area contributed by atoms with Crippen molar-refractivity contribution in [3.63, 3.8) is 0 Å². The average molecular weight is 235 g/mol. The smallest absolute Gasteiger partial charge is 0.290 e. The Morgan fingerprint density at radius 1 is 1.35 bits per heavy atom. The predicted octanol–water partition coefficient (Wildman–Crippen LogP) is 2.10. The van der Waals surface area contributed by atoms with Crippen LogP contribution in [0.3, 0.4) is 0 Å². The number of aromatic nitrogens is 2. The van der Waals surface area contributed by atoms with E-state index in [-0.39, 0.29) is 5.56 Å². The zero-order chi connectivity index (χ0) is 12.2. The number of hydrogen-bond donors (Lipinski definition) is 1. The summed E-state index contributed by atoms with van der Waals surface area (Å²) in [5, 5.41) is 0. The van der Waals surface area contributed by atoms with E-state index >= 15 is 0 Å². The summed E-state index contributed by atoms with van der Waals surface area (Å²) in [6.45, 7) is 5.09. The number of anilines is 1. The SMILES string of the molecule is CCn1c(C2CC2)c(N)c(=O)n1C(C)C1CC1. The van der Waals surface area contributed by atoms with Crippen molar-refractivity contribution in [3.8, 4) is 0 Å². The Hall–Kier alpha value is -1.19. The highest BCUT2D eigenvalue weighted by Crippen LogP contribution is 2.44. The summed E-state index contributed by atoms with van der Waals surface area (Å²) in [6, 6.07) is 0.303. The molecule has 94 valence electrons. The summed E-state index contributed by atoms with van der Waals surface area (Å²) in [7, 11) is 0. The molecule has 0 saturated heterocycles. The third-order valence-corrected chi connectivity index (χ3v) is 4.21. The van der Waals surface area contributed by atoms with Crippen molar-refractivity contribution in [2.75, 3.05) is 5.73 Å². The van der Waals surface area contributed by atoms with Gasteiger partial charge in [-0.2, -0.15) is 0 Å². The quantitative estimate of drug-likeness (QED) is 0.869. The Labute approximate surface area is 101 Å². The Morgan fingerprint density at radius 3 is 2.47 bits per heavy atom. The molecule has 0 bridgehead atoms. The Balaban J connectivity index is 2.12. The molecule has 0 aliphatic heterocycles. The van der Waals surface area contributed by atoms with Crippen LogP contribution in [0.4, 0.5) is 5.69 Å². The van der Waals surface area contributed by atoms with E-state index in [1.165, 1.54) is 25.7 Å². The zero-order valence-corrected chi connectivity index (χ0v) is 10.6. The highest BCUT2D eigenvalue weighted by molar-refractivity contribution is 5.45. The van der Waals surface area contributed by atoms with Gasteiger partial charge in [0.25, 0.3) is 5.56 Å². The molecule has 2 aliphatic carbocycles. The molecule has 1 aromatic rings. The molecule has 1 unspecified atom stereocenters. The monoisotopic (exact) mass is 235 g/mol. The van der Waals surface area contributed by atoms with E-state index in [0.29, 0.717) is 23.6 Å². The van der Waals surface area contributed by atoms with Crippen LogP contribution in [-0.4, -0.2) is 9.36 Å². The van der Waals surface area contributed by atoms with E-state index in [9.17, 15) is 4.79 Å². The maximum absolute atomic E-state index is 12.3. The van der Waals surface area contributed by atoms with Gasteiger partial charge in [-0.3, -0.25) is 9.48 Å². The second-order valence-electron chi connectivity index (χ2n) is 5.52. The van der Waals surface area contributed by atoms with Gasteiger partial charge in [0.2, 0.25) is 0 Å². The molecule has 2 fully saturated rings. The Kier molecular flexibility index (Phi) is 2.35. The Bertz CT molecular complexity index is 491. The van der Waals surface area contributed by atoms with Gasteiger partial charge in [-0.15, -0.1) is 0 Å². The molecule has 2 aliphatic rings. The van der Waals surface area contributed by atoms with Crippen LogP contribution in [0.25, 0.3) is 0 Å². The molecule has 4 nitrogen and oxygen atoms in total. The van der Waals surface area contributed by atoms with Crippen LogP contribution in [0.1, 0.15) is 57.2 Å². The second-order valence-corrected chi connectivity index (χ2v) is 5.52. The van der Waals surface area contributed by atoms with E-state index in [1.807, 2.05) is 4.68 Å². The molecule has 0 amide bonds. The Morgan fingerprint density at radius 2 is 2.00 bits per heavy atom. The number of nitrogens with two attached hydrogens (primary N) is 1. The van der Waals surface area contributed by atoms with Crippen molar-refractivity contribution in [3.05, 3.63) is 16.0 Å². The lowest BCUT2D eigenvalue weighted by atomic mass is 10.2. The number of nitrogens with zero attached hydrogens (tertiary/aromatic N) is 2. The lowest BCUT2D eigenvalue weighted by Crippen LogP contribution is -2.28. The van der Waals surface area contributed by atoms with Gasteiger partial charge in [-0.1, -0.05) is 0 Å². The molecular formula is C13H21N3O. The lowest BCUT2D eigenvalue weighted by molar-refractivity contribution is 0.350. The molecule has 1 heterocycles. The molecule has 3 rings (SSSR count). The first-order valence-electron chi connectivity index (χ1n) is 6.75. The molecule has 2 N–H and O–H groups in total. The average Bonchev–Trinajstić information content (AvgIpc) is 3.16. The third kappa shape index (κ3) is 1.61. The second kappa shape index (κ2) is 3.65. The molecular weight excluding hydrogens is 214 g/mol. The van der Waals surface area contributed by atoms with Crippen LogP contribution < -0.4 is 11.3 Å². The van der Waals surface area contributed by atoms with E-state index in [1.54, 1.807) is 0 Å². The molecule has 17 heavy (non-hydrogen) atoms. The minimum Gasteiger partial charge on any atom is -0.393 e. The van der Waals surface area contributed by atoms with E-state index < -0.39 is 0 Å². The summed E-state index contributed by atoms with van der Waals surface area (Å²) in [5.74, 6) is 1.22. The van der Waals surface area contributed by atoms with Crippen molar-refractivity contribution >= 4 is 5.69 Å². The topological polar surface area (TPSA) is 52.9 Å². The van der Waals surface area contributed by atoms with Gasteiger partial charge >= 0.3 is 0 Å². The summed E-state index contributed by atoms with van der Waals surface area (Å²) >= 11 is 0. The number of rotatable bonds is 4. The van der Waals surface area contributed by atoms with Crippen LogP contribution in [0.5, 0.6) is 0 Å². The first-order valence-corrected chi connectivity index (χ1v) is 6.75. The molecule has 0 spiro atoms. The third-order valence-electron chi connectivity index (χ3n) is 4.21. The maximum Gasteiger partial charge on any atom is 0.290 e. The first kappa shape index (κ1) is 10.9. The largest absolute Gasteiger partial charge is 0.393 e. The van der Waals surface area contributed by atoms with Crippen molar-refractivity contribution in [2.24, 2.45) is 5.92 Å². The van der Waals surface area contributed by atoms with Gasteiger partial charge in [-0.05, 0) is 45.4 Å². The van der Waals surface area contributed by atoms with E-state index in [0.717, 1.165) is 12.2 Å². The predicted molar refractivity (Wildman–Crippen MR) is 68.2 cm³/mol. The normalized spacial score (nSPS) is 21.8. The number of nitrogen functional groups attached to an aromatic ring is 1. The summed E-state index contributed by atoms with van der Waals surface area (Å²) in [4.78, 5) is 12.3. The molecule has 2 saturated carbocycles. The molecule has 0 aromatic carbocycles. The van der Waals surface area contributed by atoms with Crippen molar-refractivity contribution in [2.45, 2.75) is 58.0 Å². The minimum atomic E-state index is 0.0353. The van der Waals surface area contributed by atoms with Gasteiger partial charge in [0.15, 0.2) is 0 Å². The lowest BCUT2D eigenvalue weighted by Gasteiger charge is -2.18. The molecule has 1 aromatic heterocycles. The van der Waals surface area contributed by atoms with Crippen molar-refractivity contribution in [1.82, 2.24) is 9.36 Å². The molecule has 0 radical (unpaired) electrons. The summed E-state index contributed by atoms with van der Waals surface area (Å²) in [5.41, 5.74) is 7.66. The maximum atomic E-state index is 12.3. The highest BCUT2D eigenvalue weighted by Gasteiger charge is 2.36. The van der Waals surface area contributed by atoms with Gasteiger partial charge in [-0.25, -0.2) is 4.68 Å². The van der Waals surface area contributed by atoms with Gasteiger partial charge < -0.3 is 5.73 Å². The fourth-order valence-electron chi connectivity index (χ4n) is 2.89. The van der Waals surface area contributed by atoms with Gasteiger partial charge in [0.05, 0.1) is 11.7 Å². The van der Waals surface area contributed by atoms with Crippen molar-refractivity contribution in [1.29, 1.82) is 0 Å².